The lowest BCUT2D eigenvalue weighted by Gasteiger charge is -2.41. The number of nitrogens with zero attached hydrogens (tertiary/aromatic N) is 1. The van der Waals surface area contributed by atoms with Crippen molar-refractivity contribution in [1.29, 1.82) is 0 Å². The molecule has 0 aliphatic rings. The quantitative estimate of drug-likeness (QED) is 0.302. The third-order valence-electron chi connectivity index (χ3n) is 5.64. The van der Waals surface area contributed by atoms with E-state index in [1.165, 1.54) is 10.4 Å². The molecule has 0 radical (unpaired) electrons. The Morgan fingerprint density at radius 2 is 1.43 bits per heavy atom. The maximum absolute atomic E-state index is 12.2. The summed E-state index contributed by atoms with van der Waals surface area (Å²) < 4.78 is 6.73. The van der Waals surface area contributed by atoms with Gasteiger partial charge in [-0.2, -0.15) is 0 Å². The van der Waals surface area contributed by atoms with Crippen LogP contribution < -0.4 is 10.4 Å². The molecule has 0 unspecified atom stereocenters. The van der Waals surface area contributed by atoms with Gasteiger partial charge in [-0.05, 0) is 42.1 Å². The van der Waals surface area contributed by atoms with Gasteiger partial charge in [0.15, 0.2) is 0 Å². The molecule has 0 saturated heterocycles. The Morgan fingerprint density at radius 3 is 1.87 bits per heavy atom. The van der Waals surface area contributed by atoms with Gasteiger partial charge in [0.05, 0.1) is 6.26 Å². The summed E-state index contributed by atoms with van der Waals surface area (Å²) in [6.45, 7) is 12.4. The fraction of sp³-hybridized carbons (Fsp3) is 0.423. The molecule has 0 bridgehead atoms. The summed E-state index contributed by atoms with van der Waals surface area (Å²) in [5, 5.41) is 2.49. The molecule has 2 rings (SSSR count). The van der Waals surface area contributed by atoms with Gasteiger partial charge >= 0.3 is 8.32 Å². The molecule has 0 aliphatic carbocycles. The van der Waals surface area contributed by atoms with Crippen LogP contribution in [0.15, 0.2) is 73.0 Å². The summed E-state index contributed by atoms with van der Waals surface area (Å²) in [6, 6.07) is 21.3. The molecule has 2 aromatic rings. The Balaban J connectivity index is 2.19. The molecule has 0 fully saturated rings. The molecule has 30 heavy (non-hydrogen) atoms. The number of carbonyl (C=O) groups excluding carboxylic acids is 1. The van der Waals surface area contributed by atoms with E-state index in [0.717, 1.165) is 25.9 Å². The predicted molar refractivity (Wildman–Crippen MR) is 130 cm³/mol. The zero-order chi connectivity index (χ0) is 22.0. The van der Waals surface area contributed by atoms with Crippen molar-refractivity contribution in [3.63, 3.8) is 0 Å². The van der Waals surface area contributed by atoms with E-state index >= 15 is 0 Å². The van der Waals surface area contributed by atoms with Gasteiger partial charge in [-0.1, -0.05) is 87.5 Å². The molecule has 0 N–H and O–H groups in total. The van der Waals surface area contributed by atoms with Crippen LogP contribution in [0, 0.1) is 0 Å². The molecule has 4 heteroatoms. The summed E-state index contributed by atoms with van der Waals surface area (Å²) in [5.74, 6) is 0.237. The lowest BCUT2D eigenvalue weighted by molar-refractivity contribution is -0.130. The second-order valence-electron chi connectivity index (χ2n) is 8.61. The summed E-state index contributed by atoms with van der Waals surface area (Å²) in [6.07, 6.45) is 6.24. The average Bonchev–Trinajstić information content (AvgIpc) is 2.74. The van der Waals surface area contributed by atoms with Gasteiger partial charge in [-0.3, -0.25) is 4.79 Å². The molecule has 3 nitrogen and oxygen atoms in total. The van der Waals surface area contributed by atoms with E-state index in [2.05, 4.69) is 87.5 Å². The Hall–Kier alpha value is -2.33. The topological polar surface area (TPSA) is 29.5 Å². The Kier molecular flexibility index (Phi) is 8.91. The van der Waals surface area contributed by atoms with Crippen LogP contribution in [0.4, 0.5) is 0 Å². The van der Waals surface area contributed by atoms with Crippen LogP contribution >= 0.6 is 0 Å². The van der Waals surface area contributed by atoms with E-state index < -0.39 is 8.32 Å². The van der Waals surface area contributed by atoms with Gasteiger partial charge in [0.25, 0.3) is 0 Å². The van der Waals surface area contributed by atoms with E-state index in [4.69, 9.17) is 4.43 Å². The third kappa shape index (κ3) is 5.63. The standard InChI is InChI=1S/C26H37NO2Si/c1-6-27(7-2)25(28)21-15-10-16-22-29-30(26(3,4)5,23-17-11-8-12-18-23)24-19-13-9-14-20-24/h8-9,11-14,16-20,22H,6-7,10,15,21H2,1-5H3/b22-16-. The highest BCUT2D eigenvalue weighted by molar-refractivity contribution is 6.99. The van der Waals surface area contributed by atoms with Crippen LogP contribution in [0.1, 0.15) is 53.9 Å². The van der Waals surface area contributed by atoms with Crippen molar-refractivity contribution in [2.75, 3.05) is 13.1 Å². The first-order valence-electron chi connectivity index (χ1n) is 11.1. The molecular weight excluding hydrogens is 386 g/mol. The molecule has 0 spiro atoms. The van der Waals surface area contributed by atoms with Crippen molar-refractivity contribution in [2.24, 2.45) is 0 Å². The first kappa shape index (κ1) is 23.9. The van der Waals surface area contributed by atoms with Crippen molar-refractivity contribution in [2.45, 2.75) is 58.9 Å². The van der Waals surface area contributed by atoms with E-state index in [1.54, 1.807) is 0 Å². The van der Waals surface area contributed by atoms with E-state index in [-0.39, 0.29) is 10.9 Å². The van der Waals surface area contributed by atoms with Crippen molar-refractivity contribution in [1.82, 2.24) is 4.90 Å². The number of hydrogen-bond acceptors (Lipinski definition) is 2. The zero-order valence-electron chi connectivity index (χ0n) is 19.2. The molecular formula is C26H37NO2Si. The minimum Gasteiger partial charge on any atom is -0.540 e. The van der Waals surface area contributed by atoms with Crippen LogP contribution in [-0.4, -0.2) is 32.2 Å². The number of unbranched alkanes of at least 4 members (excludes halogenated alkanes) is 1. The summed E-state index contributed by atoms with van der Waals surface area (Å²) in [4.78, 5) is 14.1. The van der Waals surface area contributed by atoms with Gasteiger partial charge in [-0.25, -0.2) is 0 Å². The van der Waals surface area contributed by atoms with Crippen LogP contribution in [0.5, 0.6) is 0 Å². The van der Waals surface area contributed by atoms with Gasteiger partial charge in [-0.15, -0.1) is 0 Å². The van der Waals surface area contributed by atoms with Gasteiger partial charge in [0.2, 0.25) is 5.91 Å². The zero-order valence-corrected chi connectivity index (χ0v) is 20.2. The number of carbonyl (C=O) groups is 1. The van der Waals surface area contributed by atoms with Crippen LogP contribution in [0.25, 0.3) is 0 Å². The SMILES string of the molecule is CCN(CC)C(=O)CCC/C=C\O[Si](c1ccccc1)(c1ccccc1)C(C)(C)C. The molecule has 0 atom stereocenters. The summed E-state index contributed by atoms with van der Waals surface area (Å²) in [5.41, 5.74) is 0. The lowest BCUT2D eigenvalue weighted by atomic mass is 10.2. The second-order valence-corrected chi connectivity index (χ2v) is 12.9. The highest BCUT2D eigenvalue weighted by atomic mass is 28.4. The highest BCUT2D eigenvalue weighted by Crippen LogP contribution is 2.36. The van der Waals surface area contributed by atoms with E-state index in [9.17, 15) is 4.79 Å². The Labute approximate surface area is 183 Å². The largest absolute Gasteiger partial charge is 0.540 e. The molecule has 1 amide bonds. The lowest BCUT2D eigenvalue weighted by Crippen LogP contribution is -2.65. The van der Waals surface area contributed by atoms with Crippen molar-refractivity contribution < 1.29 is 9.22 Å². The predicted octanol–water partition coefficient (Wildman–Crippen LogP) is 5.12. The fourth-order valence-corrected chi connectivity index (χ4v) is 8.33. The maximum atomic E-state index is 12.2. The number of benzene rings is 2. The minimum atomic E-state index is -2.52. The monoisotopic (exact) mass is 423 g/mol. The van der Waals surface area contributed by atoms with Gasteiger partial charge < -0.3 is 9.33 Å². The Bertz CT molecular complexity index is 753. The summed E-state index contributed by atoms with van der Waals surface area (Å²) in [7, 11) is -2.52. The molecule has 162 valence electrons. The van der Waals surface area contributed by atoms with Gasteiger partial charge in [0.1, 0.15) is 0 Å². The molecule has 0 heterocycles. The molecule has 2 aromatic carbocycles. The number of allylic oxidation sites excluding steroid dienone is 1. The van der Waals surface area contributed by atoms with Crippen LogP contribution in [0.2, 0.25) is 5.04 Å². The number of amides is 1. The second kappa shape index (κ2) is 11.2. The van der Waals surface area contributed by atoms with Crippen molar-refractivity contribution >= 4 is 24.6 Å². The van der Waals surface area contributed by atoms with Crippen LogP contribution in [0.3, 0.4) is 0 Å². The Morgan fingerprint density at radius 1 is 0.933 bits per heavy atom. The maximum Gasteiger partial charge on any atom is 0.319 e. The number of hydrogen-bond donors (Lipinski definition) is 0. The summed E-state index contributed by atoms with van der Waals surface area (Å²) >= 11 is 0. The van der Waals surface area contributed by atoms with Crippen LogP contribution in [-0.2, 0) is 9.22 Å². The minimum absolute atomic E-state index is 0.0429. The molecule has 0 saturated carbocycles. The normalized spacial score (nSPS) is 12.2. The fourth-order valence-electron chi connectivity index (χ4n) is 4.02. The smallest absolute Gasteiger partial charge is 0.319 e. The van der Waals surface area contributed by atoms with Crippen molar-refractivity contribution in [3.8, 4) is 0 Å². The third-order valence-corrected chi connectivity index (χ3v) is 10.5. The van der Waals surface area contributed by atoms with E-state index in [1.807, 2.05) is 25.0 Å². The van der Waals surface area contributed by atoms with E-state index in [0.29, 0.717) is 6.42 Å². The molecule has 0 aromatic heterocycles. The number of rotatable bonds is 10. The highest BCUT2D eigenvalue weighted by Gasteiger charge is 2.51. The first-order valence-corrected chi connectivity index (χ1v) is 13.0. The molecule has 0 aliphatic heterocycles. The van der Waals surface area contributed by atoms with Crippen molar-refractivity contribution in [3.05, 3.63) is 73.0 Å². The van der Waals surface area contributed by atoms with Gasteiger partial charge in [0, 0.05) is 19.5 Å². The average molecular weight is 424 g/mol. The first-order chi connectivity index (χ1) is 14.4.